The molecule has 0 unspecified atom stereocenters. The Balaban J connectivity index is 2.19. The molecule has 1 saturated carbocycles. The molecule has 6 atom stereocenters. The van der Waals surface area contributed by atoms with Gasteiger partial charge in [-0.3, -0.25) is 0 Å². The highest BCUT2D eigenvalue weighted by Gasteiger charge is 2.74. The SMILES string of the molecule is CC1=C[C@H](O)[C@]2(Br)O[C@H]3C[C@](C)(Cl)[C@@H](Br)C[C@]13C2(C)C. The van der Waals surface area contributed by atoms with Gasteiger partial charge in [-0.2, -0.15) is 0 Å². The Morgan fingerprint density at radius 1 is 1.35 bits per heavy atom. The van der Waals surface area contributed by atoms with E-state index in [1.807, 2.05) is 6.08 Å². The maximum absolute atomic E-state index is 10.5. The lowest BCUT2D eigenvalue weighted by Gasteiger charge is -2.56. The van der Waals surface area contributed by atoms with Crippen LogP contribution in [0.5, 0.6) is 0 Å². The smallest absolute Gasteiger partial charge is 0.158 e. The first-order valence-corrected chi connectivity index (χ1v) is 9.14. The van der Waals surface area contributed by atoms with E-state index in [4.69, 9.17) is 16.3 Å². The summed E-state index contributed by atoms with van der Waals surface area (Å²) < 4.78 is 5.63. The predicted octanol–water partition coefficient (Wildman–Crippen LogP) is 4.36. The molecule has 2 nitrogen and oxygen atoms in total. The van der Waals surface area contributed by atoms with Crippen LogP contribution in [0, 0.1) is 10.8 Å². The second kappa shape index (κ2) is 4.25. The van der Waals surface area contributed by atoms with E-state index in [0.29, 0.717) is 0 Å². The summed E-state index contributed by atoms with van der Waals surface area (Å²) in [6.45, 7) is 8.57. The molecule has 1 N–H and O–H groups in total. The Morgan fingerprint density at radius 2 is 1.95 bits per heavy atom. The van der Waals surface area contributed by atoms with E-state index in [-0.39, 0.29) is 26.6 Å². The minimum atomic E-state index is -0.728. The lowest BCUT2D eigenvalue weighted by molar-refractivity contribution is -0.0681. The van der Waals surface area contributed by atoms with Gasteiger partial charge >= 0.3 is 0 Å². The van der Waals surface area contributed by atoms with Crippen LogP contribution in [0.3, 0.4) is 0 Å². The van der Waals surface area contributed by atoms with Crippen LogP contribution < -0.4 is 0 Å². The van der Waals surface area contributed by atoms with Gasteiger partial charge in [0.15, 0.2) is 4.51 Å². The average molecular weight is 429 g/mol. The number of aliphatic hydroxyl groups is 1. The van der Waals surface area contributed by atoms with Gasteiger partial charge in [0, 0.05) is 15.7 Å². The monoisotopic (exact) mass is 426 g/mol. The normalized spacial score (nSPS) is 57.2. The van der Waals surface area contributed by atoms with Crippen LogP contribution in [0.1, 0.15) is 40.5 Å². The Kier molecular flexibility index (Phi) is 3.36. The van der Waals surface area contributed by atoms with Gasteiger partial charge in [0.2, 0.25) is 0 Å². The fourth-order valence-electron chi connectivity index (χ4n) is 4.59. The largest absolute Gasteiger partial charge is 0.385 e. The number of fused-ring (bicyclic) bond motifs is 1. The van der Waals surface area contributed by atoms with Crippen LogP contribution in [0.15, 0.2) is 11.6 Å². The Bertz CT molecular complexity index is 490. The van der Waals surface area contributed by atoms with Gasteiger partial charge in [-0.1, -0.05) is 57.4 Å². The van der Waals surface area contributed by atoms with E-state index >= 15 is 0 Å². The van der Waals surface area contributed by atoms with Crippen LogP contribution in [0.25, 0.3) is 0 Å². The van der Waals surface area contributed by atoms with Crippen LogP contribution in [0.4, 0.5) is 0 Å². The van der Waals surface area contributed by atoms with Crippen LogP contribution in [-0.2, 0) is 4.74 Å². The fraction of sp³-hybridized carbons (Fsp3) is 0.867. The number of rotatable bonds is 0. The summed E-state index contributed by atoms with van der Waals surface area (Å²) in [4.78, 5) is -0.0952. The van der Waals surface area contributed by atoms with E-state index in [1.165, 1.54) is 5.57 Å². The zero-order valence-corrected chi connectivity index (χ0v) is 16.1. The lowest BCUT2D eigenvalue weighted by Crippen LogP contribution is -2.59. The quantitative estimate of drug-likeness (QED) is 0.459. The first kappa shape index (κ1) is 15.8. The van der Waals surface area contributed by atoms with Gasteiger partial charge in [-0.15, -0.1) is 11.6 Å². The summed E-state index contributed by atoms with van der Waals surface area (Å²) in [6, 6.07) is 0. The number of hydrogen-bond donors (Lipinski definition) is 1. The number of ether oxygens (including phenoxy) is 1. The molecule has 2 bridgehead atoms. The molecule has 1 aliphatic heterocycles. The molecule has 1 heterocycles. The van der Waals surface area contributed by atoms with Crippen molar-refractivity contribution in [1.82, 2.24) is 0 Å². The van der Waals surface area contributed by atoms with Crippen LogP contribution >= 0.6 is 43.5 Å². The van der Waals surface area contributed by atoms with Crippen molar-refractivity contribution in [1.29, 1.82) is 0 Å². The first-order chi connectivity index (χ1) is 8.99. The summed E-state index contributed by atoms with van der Waals surface area (Å²) in [7, 11) is 0. The third-order valence-corrected chi connectivity index (χ3v) is 9.72. The maximum Gasteiger partial charge on any atom is 0.158 e. The average Bonchev–Trinajstić information content (AvgIpc) is 2.41. The number of alkyl halides is 3. The molecule has 0 radical (unpaired) electrons. The highest BCUT2D eigenvalue weighted by molar-refractivity contribution is 9.10. The molecule has 0 aromatic carbocycles. The van der Waals surface area contributed by atoms with Crippen molar-refractivity contribution in [3.8, 4) is 0 Å². The topological polar surface area (TPSA) is 29.5 Å². The van der Waals surface area contributed by atoms with Gasteiger partial charge in [-0.25, -0.2) is 0 Å². The minimum absolute atomic E-state index is 0.0292. The Morgan fingerprint density at radius 3 is 2.55 bits per heavy atom. The molecule has 1 spiro atoms. The molecular formula is C15H21Br2ClO2. The molecule has 0 aromatic rings. The van der Waals surface area contributed by atoms with Crippen molar-refractivity contribution in [2.24, 2.45) is 10.8 Å². The molecule has 3 aliphatic rings. The fourth-order valence-corrected chi connectivity index (χ4v) is 6.22. The highest BCUT2D eigenvalue weighted by atomic mass is 79.9. The molecule has 0 amide bonds. The van der Waals surface area contributed by atoms with Gasteiger partial charge in [0.05, 0.1) is 11.0 Å². The third-order valence-electron chi connectivity index (χ3n) is 6.06. The van der Waals surface area contributed by atoms with Gasteiger partial charge < -0.3 is 9.84 Å². The lowest BCUT2D eigenvalue weighted by atomic mass is 9.50. The molecule has 0 aromatic heterocycles. The zero-order chi connectivity index (χ0) is 15.1. The van der Waals surface area contributed by atoms with Crippen molar-refractivity contribution < 1.29 is 9.84 Å². The van der Waals surface area contributed by atoms with E-state index in [2.05, 4.69) is 59.6 Å². The Labute approximate surface area is 142 Å². The molecule has 1 saturated heterocycles. The van der Waals surface area contributed by atoms with E-state index in [9.17, 15) is 5.11 Å². The second-order valence-corrected chi connectivity index (χ2v) is 10.4. The number of halogens is 3. The number of hydrogen-bond acceptors (Lipinski definition) is 2. The van der Waals surface area contributed by atoms with Crippen molar-refractivity contribution >= 4 is 43.5 Å². The van der Waals surface area contributed by atoms with E-state index in [0.717, 1.165) is 12.8 Å². The van der Waals surface area contributed by atoms with Crippen molar-refractivity contribution in [2.75, 3.05) is 0 Å². The standard InChI is InChI=1S/C15H21Br2ClO2/c1-8-5-10(19)15(17)12(2,3)14(8)6-9(16)13(4,18)7-11(14)20-15/h5,9-11,19H,6-7H2,1-4H3/t9-,10-,11-,13-,14-,15-/m0/s1. The molecule has 114 valence electrons. The van der Waals surface area contributed by atoms with Crippen LogP contribution in [-0.4, -0.2) is 31.5 Å². The summed E-state index contributed by atoms with van der Waals surface area (Å²) >= 11 is 14.2. The Hall–Kier alpha value is 0.910. The van der Waals surface area contributed by atoms with Crippen molar-refractivity contribution in [2.45, 2.75) is 67.0 Å². The van der Waals surface area contributed by atoms with Gasteiger partial charge in [0.1, 0.15) is 6.10 Å². The maximum atomic E-state index is 10.5. The first-order valence-electron chi connectivity index (χ1n) is 7.06. The molecule has 2 fully saturated rings. The molecule has 2 aliphatic carbocycles. The highest BCUT2D eigenvalue weighted by Crippen LogP contribution is 2.72. The molecule has 3 rings (SSSR count). The van der Waals surface area contributed by atoms with Gasteiger partial charge in [0.25, 0.3) is 0 Å². The van der Waals surface area contributed by atoms with Crippen molar-refractivity contribution in [3.63, 3.8) is 0 Å². The summed E-state index contributed by atoms with van der Waals surface area (Å²) in [5.41, 5.74) is 0.935. The van der Waals surface area contributed by atoms with E-state index < -0.39 is 10.6 Å². The van der Waals surface area contributed by atoms with E-state index in [1.54, 1.807) is 0 Å². The summed E-state index contributed by atoms with van der Waals surface area (Å²) in [5.74, 6) is 0. The summed E-state index contributed by atoms with van der Waals surface area (Å²) in [6.07, 6.45) is 3.05. The van der Waals surface area contributed by atoms with Gasteiger partial charge in [-0.05, 0) is 26.7 Å². The molecular weight excluding hydrogens is 407 g/mol. The number of aliphatic hydroxyl groups excluding tert-OH is 1. The summed E-state index contributed by atoms with van der Waals surface area (Å²) in [5, 5.41) is 10.5. The van der Waals surface area contributed by atoms with Crippen molar-refractivity contribution in [3.05, 3.63) is 11.6 Å². The minimum Gasteiger partial charge on any atom is -0.385 e. The third kappa shape index (κ3) is 1.58. The predicted molar refractivity (Wildman–Crippen MR) is 88.7 cm³/mol. The van der Waals surface area contributed by atoms with Crippen LogP contribution in [0.2, 0.25) is 0 Å². The second-order valence-electron chi connectivity index (χ2n) is 7.30. The molecule has 5 heteroatoms. The molecule has 20 heavy (non-hydrogen) atoms. The zero-order valence-electron chi connectivity index (χ0n) is 12.2.